The molecule has 0 aliphatic heterocycles. The highest BCUT2D eigenvalue weighted by Crippen LogP contribution is 2.24. The van der Waals surface area contributed by atoms with Gasteiger partial charge >= 0.3 is 5.97 Å². The Kier molecular flexibility index (Phi) is 7.89. The van der Waals surface area contributed by atoms with Crippen LogP contribution in [0, 0.1) is 0 Å². The highest BCUT2D eigenvalue weighted by molar-refractivity contribution is 6.54. The molecular weight excluding hydrogens is 268 g/mol. The normalized spacial score (nSPS) is 17.2. The molecule has 0 radical (unpaired) electrons. The summed E-state index contributed by atoms with van der Waals surface area (Å²) < 4.78 is 21.6. The van der Waals surface area contributed by atoms with Gasteiger partial charge in [-0.15, -0.1) is 0 Å². The van der Waals surface area contributed by atoms with Gasteiger partial charge in [-0.3, -0.25) is 9.59 Å². The molecule has 7 heteroatoms. The second-order valence-electron chi connectivity index (χ2n) is 4.23. The predicted octanol–water partition coefficient (Wildman–Crippen LogP) is 1.16. The van der Waals surface area contributed by atoms with Crippen molar-refractivity contribution in [1.82, 2.24) is 0 Å². The Morgan fingerprint density at radius 2 is 1.74 bits per heavy atom. The smallest absolute Gasteiger partial charge is 0.305 e. The summed E-state index contributed by atoms with van der Waals surface area (Å²) in [6.07, 6.45) is 0. The number of carbonyl (C=O) groups excluding carboxylic acids is 2. The van der Waals surface area contributed by atoms with Crippen LogP contribution in [0.15, 0.2) is 0 Å². The predicted molar refractivity (Wildman–Crippen MR) is 72.0 cm³/mol. The summed E-state index contributed by atoms with van der Waals surface area (Å²) in [4.78, 5) is 22.3. The van der Waals surface area contributed by atoms with Crippen LogP contribution in [0.1, 0.15) is 34.6 Å². The van der Waals surface area contributed by atoms with E-state index < -0.39 is 26.5 Å². The lowest BCUT2D eigenvalue weighted by Gasteiger charge is -2.37. The molecule has 0 saturated carbocycles. The summed E-state index contributed by atoms with van der Waals surface area (Å²) in [6.45, 7) is 10.5. The van der Waals surface area contributed by atoms with E-state index in [1.807, 2.05) is 13.5 Å². The van der Waals surface area contributed by atoms with Crippen LogP contribution in [0.2, 0.25) is 6.55 Å². The van der Waals surface area contributed by atoms with Gasteiger partial charge in [0.2, 0.25) is 5.79 Å². The van der Waals surface area contributed by atoms with Crippen LogP contribution in [0.4, 0.5) is 0 Å². The van der Waals surface area contributed by atoms with Gasteiger partial charge in [0.25, 0.3) is 15.0 Å². The topological polar surface area (TPSA) is 71.1 Å². The maximum absolute atomic E-state index is 11.2. The summed E-state index contributed by atoms with van der Waals surface area (Å²) in [5.41, 5.74) is -0.565. The zero-order valence-corrected chi connectivity index (χ0v) is 13.7. The highest BCUT2D eigenvalue weighted by atomic mass is 28.3. The third kappa shape index (κ3) is 6.17. The van der Waals surface area contributed by atoms with Gasteiger partial charge in [0.1, 0.15) is 5.73 Å². The molecule has 0 aromatic rings. The van der Waals surface area contributed by atoms with Gasteiger partial charge in [-0.05, 0) is 20.4 Å². The van der Waals surface area contributed by atoms with Crippen molar-refractivity contribution in [2.45, 2.75) is 52.7 Å². The van der Waals surface area contributed by atoms with E-state index in [-0.39, 0.29) is 5.97 Å². The van der Waals surface area contributed by atoms with Gasteiger partial charge in [-0.25, -0.2) is 0 Å². The van der Waals surface area contributed by atoms with Crippen LogP contribution in [-0.2, 0) is 28.2 Å². The molecule has 0 bridgehead atoms. The molecular formula is C12H24O6Si. The number of rotatable bonds is 8. The van der Waals surface area contributed by atoms with E-state index in [0.29, 0.717) is 13.2 Å². The molecule has 0 spiro atoms. The molecule has 0 N–H and O–H groups in total. The number of hydrogen-bond acceptors (Lipinski definition) is 6. The number of hydrogen-bond donors (Lipinski definition) is 0. The Bertz CT molecular complexity index is 309. The second-order valence-corrected chi connectivity index (χ2v) is 6.48. The first-order chi connectivity index (χ1) is 8.76. The first-order valence-corrected chi connectivity index (χ1v) is 8.68. The lowest BCUT2D eigenvalue weighted by molar-refractivity contribution is -0.252. The van der Waals surface area contributed by atoms with Crippen LogP contribution < -0.4 is 0 Å². The number of carbonyl (C=O) groups is 2. The lowest BCUT2D eigenvalue weighted by Crippen LogP contribution is -2.55. The molecule has 0 fully saturated rings. The second kappa shape index (κ2) is 8.29. The van der Waals surface area contributed by atoms with Crippen molar-refractivity contribution in [3.63, 3.8) is 0 Å². The maximum atomic E-state index is 11.2. The van der Waals surface area contributed by atoms with Crippen molar-refractivity contribution < 1.29 is 28.2 Å². The average Bonchev–Trinajstić information content (AvgIpc) is 2.23. The molecule has 0 aliphatic carbocycles. The molecule has 0 aliphatic rings. The Morgan fingerprint density at radius 3 is 2.11 bits per heavy atom. The molecule has 0 amide bonds. The van der Waals surface area contributed by atoms with Crippen molar-refractivity contribution >= 4 is 21.0 Å². The summed E-state index contributed by atoms with van der Waals surface area (Å²) in [5, 5.41) is 0. The number of ether oxygens (including phenoxy) is 3. The molecule has 6 nitrogen and oxygen atoms in total. The summed E-state index contributed by atoms with van der Waals surface area (Å²) >= 11 is 0. The Balaban J connectivity index is 5.13. The van der Waals surface area contributed by atoms with Gasteiger partial charge in [0.05, 0.1) is 0 Å². The molecule has 0 aromatic heterocycles. The minimum Gasteiger partial charge on any atom is -0.520 e. The van der Waals surface area contributed by atoms with E-state index in [9.17, 15) is 9.59 Å². The molecule has 3 unspecified atom stereocenters. The largest absolute Gasteiger partial charge is 0.520 e. The summed E-state index contributed by atoms with van der Waals surface area (Å²) in [7, 11) is -2.08. The van der Waals surface area contributed by atoms with Gasteiger partial charge in [0, 0.05) is 34.0 Å². The zero-order chi connectivity index (χ0) is 15.1. The van der Waals surface area contributed by atoms with Crippen LogP contribution in [0.25, 0.3) is 0 Å². The van der Waals surface area contributed by atoms with Crippen LogP contribution in [-0.4, -0.2) is 45.7 Å². The van der Waals surface area contributed by atoms with Gasteiger partial charge < -0.3 is 18.6 Å². The van der Waals surface area contributed by atoms with E-state index in [4.69, 9.17) is 18.6 Å². The molecule has 0 aromatic carbocycles. The van der Waals surface area contributed by atoms with Gasteiger partial charge in [-0.1, -0.05) is 0 Å². The third-order valence-electron chi connectivity index (χ3n) is 2.42. The van der Waals surface area contributed by atoms with E-state index in [1.54, 1.807) is 13.8 Å². The van der Waals surface area contributed by atoms with Crippen molar-refractivity contribution in [3.8, 4) is 0 Å². The lowest BCUT2D eigenvalue weighted by atomic mass is 10.3. The first-order valence-electron chi connectivity index (χ1n) is 6.39. The van der Waals surface area contributed by atoms with Crippen molar-refractivity contribution in [2.24, 2.45) is 0 Å². The monoisotopic (exact) mass is 292 g/mol. The SMILES string of the molecule is CCOC([SiH](C)OC(C)=O)C(C)(OCC)OC(C)=O. The van der Waals surface area contributed by atoms with E-state index in [0.717, 1.165) is 0 Å². The third-order valence-corrected chi connectivity index (χ3v) is 4.77. The fourth-order valence-corrected chi connectivity index (χ4v) is 4.09. The molecule has 0 heterocycles. The summed E-state index contributed by atoms with van der Waals surface area (Å²) in [5.74, 6) is -2.08. The standard InChI is InChI=1S/C12H24O6Si/c1-7-15-11(19(6)18-10(4)14)12(5,16-8-2)17-9(3)13/h11,19H,7-8H2,1-6H3. The van der Waals surface area contributed by atoms with E-state index in [1.165, 1.54) is 13.8 Å². The van der Waals surface area contributed by atoms with Gasteiger partial charge in [0.15, 0.2) is 0 Å². The first kappa shape index (κ1) is 18.1. The quantitative estimate of drug-likeness (QED) is 0.380. The fraction of sp³-hybridized carbons (Fsp3) is 0.833. The number of esters is 1. The Morgan fingerprint density at radius 1 is 1.16 bits per heavy atom. The maximum Gasteiger partial charge on any atom is 0.305 e. The fourth-order valence-electron chi connectivity index (χ4n) is 1.96. The van der Waals surface area contributed by atoms with E-state index in [2.05, 4.69) is 0 Å². The minimum absolute atomic E-state index is 0.356. The molecule has 112 valence electrons. The molecule has 3 atom stereocenters. The Labute approximate surface area is 116 Å². The van der Waals surface area contributed by atoms with Crippen LogP contribution >= 0.6 is 0 Å². The Hall–Kier alpha value is -0.923. The van der Waals surface area contributed by atoms with Crippen LogP contribution in [0.3, 0.4) is 0 Å². The summed E-state index contributed by atoms with van der Waals surface area (Å²) in [6, 6.07) is 0. The van der Waals surface area contributed by atoms with Crippen molar-refractivity contribution in [3.05, 3.63) is 0 Å². The van der Waals surface area contributed by atoms with Crippen molar-refractivity contribution in [2.75, 3.05) is 13.2 Å². The zero-order valence-electron chi connectivity index (χ0n) is 12.5. The van der Waals surface area contributed by atoms with Crippen LogP contribution in [0.5, 0.6) is 0 Å². The van der Waals surface area contributed by atoms with E-state index >= 15 is 0 Å². The highest BCUT2D eigenvalue weighted by Gasteiger charge is 2.45. The molecule has 0 rings (SSSR count). The molecule has 19 heavy (non-hydrogen) atoms. The van der Waals surface area contributed by atoms with Crippen molar-refractivity contribution in [1.29, 1.82) is 0 Å². The van der Waals surface area contributed by atoms with Gasteiger partial charge in [-0.2, -0.15) is 0 Å². The minimum atomic E-state index is -2.08. The average molecular weight is 292 g/mol. The molecule has 0 saturated heterocycles.